The van der Waals surface area contributed by atoms with Crippen LogP contribution in [0, 0.1) is 20.8 Å². The highest BCUT2D eigenvalue weighted by molar-refractivity contribution is 7.19. The molecule has 12 heteroatoms. The van der Waals surface area contributed by atoms with E-state index in [-0.39, 0.29) is 24.6 Å². The lowest BCUT2D eigenvalue weighted by Crippen LogP contribution is -2.45. The lowest BCUT2D eigenvalue weighted by Gasteiger charge is -2.35. The minimum absolute atomic E-state index is 0.0239. The summed E-state index contributed by atoms with van der Waals surface area (Å²) in [6, 6.07) is 3.84. The molecule has 2 atom stereocenters. The van der Waals surface area contributed by atoms with Gasteiger partial charge in [-0.1, -0.05) is 11.3 Å². The number of ether oxygens (including phenoxy) is 1. The molecular formula is C23H26F3N5O3S. The van der Waals surface area contributed by atoms with Gasteiger partial charge in [0.25, 0.3) is 5.91 Å². The van der Waals surface area contributed by atoms with E-state index in [1.807, 2.05) is 39.8 Å². The van der Waals surface area contributed by atoms with Crippen molar-refractivity contribution in [2.75, 3.05) is 18.0 Å². The molecule has 1 amide bonds. The minimum atomic E-state index is -4.83. The lowest BCUT2D eigenvalue weighted by molar-refractivity contribution is -0.153. The number of anilines is 1. The van der Waals surface area contributed by atoms with E-state index in [1.165, 1.54) is 18.3 Å². The molecule has 0 bridgehead atoms. The van der Waals surface area contributed by atoms with E-state index >= 15 is 0 Å². The number of carbonyl (C=O) groups excluding carboxylic acids is 1. The standard InChI is InChI=1S/C23H26F3N5O3S/c1-11-6-16(7-12(2)28-11)19-17(30-22(35-19)31-9-13(3)33-14(4)10-31)8-27-21(32)18-20(23(24,25)26)34-15(5)29-18/h6-7,13-14H,8-10H2,1-5H3,(H,27,32)/t13-,14+. The minimum Gasteiger partial charge on any atom is -0.436 e. The van der Waals surface area contributed by atoms with Gasteiger partial charge in [-0.15, -0.1) is 0 Å². The molecule has 0 saturated carbocycles. The van der Waals surface area contributed by atoms with Crippen LogP contribution in [0.2, 0.25) is 0 Å². The Labute approximate surface area is 204 Å². The molecule has 1 N–H and O–H groups in total. The van der Waals surface area contributed by atoms with Crippen LogP contribution in [0.3, 0.4) is 0 Å². The Balaban J connectivity index is 1.66. The van der Waals surface area contributed by atoms with E-state index in [0.717, 1.165) is 27.0 Å². The van der Waals surface area contributed by atoms with Crippen LogP contribution in [-0.2, 0) is 17.5 Å². The van der Waals surface area contributed by atoms with Crippen molar-refractivity contribution in [2.45, 2.75) is 59.5 Å². The molecular weight excluding hydrogens is 483 g/mol. The van der Waals surface area contributed by atoms with E-state index in [0.29, 0.717) is 18.8 Å². The summed E-state index contributed by atoms with van der Waals surface area (Å²) < 4.78 is 50.3. The SMILES string of the molecule is Cc1cc(-c2sc(N3C[C@@H](C)O[C@@H](C)C3)nc2CNC(=O)c2nc(C)oc2C(F)(F)F)cc(C)n1. The molecule has 1 aliphatic rings. The van der Waals surface area contributed by atoms with Gasteiger partial charge < -0.3 is 19.4 Å². The van der Waals surface area contributed by atoms with E-state index in [1.54, 1.807) is 0 Å². The van der Waals surface area contributed by atoms with Crippen molar-refractivity contribution in [3.05, 3.63) is 46.6 Å². The number of nitrogens with zero attached hydrogens (tertiary/aromatic N) is 4. The van der Waals surface area contributed by atoms with Crippen LogP contribution in [0.15, 0.2) is 16.5 Å². The van der Waals surface area contributed by atoms with Crippen LogP contribution in [0.4, 0.5) is 18.3 Å². The third-order valence-corrected chi connectivity index (χ3v) is 6.55. The Bertz CT molecular complexity index is 1210. The van der Waals surface area contributed by atoms with Crippen LogP contribution in [0.1, 0.15) is 53.1 Å². The molecule has 4 heterocycles. The smallest absolute Gasteiger partial charge is 0.436 e. The molecule has 0 unspecified atom stereocenters. The number of thiazole rings is 1. The average molecular weight is 510 g/mol. The normalized spacial score (nSPS) is 18.7. The summed E-state index contributed by atoms with van der Waals surface area (Å²) in [6.45, 7) is 10.2. The maximum absolute atomic E-state index is 13.3. The summed E-state index contributed by atoms with van der Waals surface area (Å²) in [5.41, 5.74) is 2.28. The third kappa shape index (κ3) is 5.64. The Kier molecular flexibility index (Phi) is 6.87. The maximum Gasteiger partial charge on any atom is 0.452 e. The molecule has 0 radical (unpaired) electrons. The molecule has 1 saturated heterocycles. The molecule has 3 aromatic heterocycles. The fourth-order valence-corrected chi connectivity index (χ4v) is 5.23. The zero-order valence-electron chi connectivity index (χ0n) is 20.0. The third-order valence-electron chi connectivity index (χ3n) is 5.34. The Morgan fingerprint density at radius 3 is 2.34 bits per heavy atom. The quantitative estimate of drug-likeness (QED) is 0.534. The van der Waals surface area contributed by atoms with Crippen molar-refractivity contribution in [3.8, 4) is 10.4 Å². The van der Waals surface area contributed by atoms with Gasteiger partial charge in [0.1, 0.15) is 0 Å². The van der Waals surface area contributed by atoms with Gasteiger partial charge in [0.15, 0.2) is 16.7 Å². The first-order valence-corrected chi connectivity index (χ1v) is 11.9. The fourth-order valence-electron chi connectivity index (χ4n) is 4.14. The number of amides is 1. The number of aryl methyl sites for hydroxylation is 3. The number of hydrogen-bond donors (Lipinski definition) is 1. The molecule has 0 aromatic carbocycles. The van der Waals surface area contributed by atoms with Gasteiger partial charge in [-0.3, -0.25) is 9.78 Å². The summed E-state index contributed by atoms with van der Waals surface area (Å²) in [4.78, 5) is 28.4. The molecule has 1 aliphatic heterocycles. The summed E-state index contributed by atoms with van der Waals surface area (Å²) in [5, 5.41) is 3.29. The van der Waals surface area contributed by atoms with Gasteiger partial charge in [0, 0.05) is 31.4 Å². The summed E-state index contributed by atoms with van der Waals surface area (Å²) in [7, 11) is 0. The van der Waals surface area contributed by atoms with Gasteiger partial charge in [0.05, 0.1) is 29.3 Å². The van der Waals surface area contributed by atoms with E-state index in [2.05, 4.69) is 24.6 Å². The Morgan fingerprint density at radius 1 is 1.11 bits per heavy atom. The number of pyridine rings is 1. The van der Waals surface area contributed by atoms with Crippen molar-refractivity contribution >= 4 is 22.4 Å². The monoisotopic (exact) mass is 509 g/mol. The van der Waals surface area contributed by atoms with Crippen molar-refractivity contribution in [2.24, 2.45) is 0 Å². The highest BCUT2D eigenvalue weighted by atomic mass is 32.1. The van der Waals surface area contributed by atoms with Crippen LogP contribution in [0.25, 0.3) is 10.4 Å². The van der Waals surface area contributed by atoms with Crippen LogP contribution in [0.5, 0.6) is 0 Å². The number of alkyl halides is 3. The molecule has 8 nitrogen and oxygen atoms in total. The first-order chi connectivity index (χ1) is 16.4. The van der Waals surface area contributed by atoms with Crippen molar-refractivity contribution in [1.29, 1.82) is 0 Å². The second kappa shape index (κ2) is 9.57. The zero-order valence-corrected chi connectivity index (χ0v) is 20.8. The summed E-state index contributed by atoms with van der Waals surface area (Å²) in [6.07, 6.45) is -4.78. The highest BCUT2D eigenvalue weighted by Gasteiger charge is 2.41. The molecule has 188 valence electrons. The number of hydrogen-bond acceptors (Lipinski definition) is 8. The number of oxazole rings is 1. The molecule has 4 rings (SSSR count). The molecule has 35 heavy (non-hydrogen) atoms. The Hall–Kier alpha value is -2.99. The van der Waals surface area contributed by atoms with Gasteiger partial charge in [-0.2, -0.15) is 13.2 Å². The number of morpholine rings is 1. The number of halogens is 3. The van der Waals surface area contributed by atoms with Crippen molar-refractivity contribution < 1.29 is 27.1 Å². The van der Waals surface area contributed by atoms with E-state index < -0.39 is 23.5 Å². The highest BCUT2D eigenvalue weighted by Crippen LogP contribution is 2.37. The van der Waals surface area contributed by atoms with Gasteiger partial charge in [-0.05, 0) is 45.4 Å². The maximum atomic E-state index is 13.3. The largest absolute Gasteiger partial charge is 0.452 e. The molecule has 1 fully saturated rings. The van der Waals surface area contributed by atoms with Crippen LogP contribution < -0.4 is 10.2 Å². The lowest BCUT2D eigenvalue weighted by atomic mass is 10.1. The van der Waals surface area contributed by atoms with Crippen LogP contribution in [-0.4, -0.2) is 46.2 Å². The molecule has 0 spiro atoms. The number of aromatic nitrogens is 3. The predicted molar refractivity (Wildman–Crippen MR) is 124 cm³/mol. The number of carbonyl (C=O) groups is 1. The number of nitrogens with one attached hydrogen (secondary N) is 1. The second-order valence-corrected chi connectivity index (χ2v) is 9.64. The van der Waals surface area contributed by atoms with Gasteiger partial charge in [-0.25, -0.2) is 9.97 Å². The summed E-state index contributed by atoms with van der Waals surface area (Å²) in [5.74, 6) is -2.63. The number of rotatable bonds is 5. The first kappa shape index (κ1) is 25.1. The van der Waals surface area contributed by atoms with E-state index in [9.17, 15) is 18.0 Å². The second-order valence-electron chi connectivity index (χ2n) is 8.66. The summed E-state index contributed by atoms with van der Waals surface area (Å²) >= 11 is 1.47. The van der Waals surface area contributed by atoms with E-state index in [4.69, 9.17) is 9.72 Å². The van der Waals surface area contributed by atoms with Crippen LogP contribution >= 0.6 is 11.3 Å². The molecule has 3 aromatic rings. The fraction of sp³-hybridized carbons (Fsp3) is 0.478. The average Bonchev–Trinajstić information content (AvgIpc) is 3.34. The topological polar surface area (TPSA) is 93.4 Å². The first-order valence-electron chi connectivity index (χ1n) is 11.1. The Morgan fingerprint density at radius 2 is 1.74 bits per heavy atom. The predicted octanol–water partition coefficient (Wildman–Crippen LogP) is 4.68. The van der Waals surface area contributed by atoms with Crippen molar-refractivity contribution in [1.82, 2.24) is 20.3 Å². The van der Waals surface area contributed by atoms with Gasteiger partial charge in [0.2, 0.25) is 5.76 Å². The van der Waals surface area contributed by atoms with Crippen molar-refractivity contribution in [3.63, 3.8) is 0 Å². The van der Waals surface area contributed by atoms with Gasteiger partial charge >= 0.3 is 6.18 Å². The zero-order chi connectivity index (χ0) is 25.5. The molecule has 0 aliphatic carbocycles.